The molecule has 0 aliphatic heterocycles. The molecule has 0 radical (unpaired) electrons. The fourth-order valence-corrected chi connectivity index (χ4v) is 1.88. The van der Waals surface area contributed by atoms with Crippen LogP contribution in [0.3, 0.4) is 0 Å². The van der Waals surface area contributed by atoms with Crippen LogP contribution in [0.4, 0.5) is 0 Å². The second kappa shape index (κ2) is 6.82. The van der Waals surface area contributed by atoms with Crippen molar-refractivity contribution in [2.45, 2.75) is 32.8 Å². The van der Waals surface area contributed by atoms with Crippen LogP contribution in [0.5, 0.6) is 0 Å². The Hall–Kier alpha value is -1.80. The molecule has 0 bridgehead atoms. The molecular weight excluding hydrogens is 230 g/mol. The summed E-state index contributed by atoms with van der Waals surface area (Å²) < 4.78 is 0. The summed E-state index contributed by atoms with van der Waals surface area (Å²) in [4.78, 5) is 14.4. The van der Waals surface area contributed by atoms with Crippen LogP contribution < -0.4 is 5.32 Å². The summed E-state index contributed by atoms with van der Waals surface area (Å²) in [5.74, 6) is -0.106. The van der Waals surface area contributed by atoms with E-state index in [1.54, 1.807) is 0 Å². The first kappa shape index (κ1) is 14.3. The highest BCUT2D eigenvalue weighted by Gasteiger charge is 2.17. The zero-order valence-electron chi connectivity index (χ0n) is 10.7. The fraction of sp³-hybridized carbons (Fsp3) is 0.538. The third-order valence-electron chi connectivity index (χ3n) is 3.12. The van der Waals surface area contributed by atoms with E-state index in [1.807, 2.05) is 19.9 Å². The van der Waals surface area contributed by atoms with E-state index in [-0.39, 0.29) is 18.4 Å². The van der Waals surface area contributed by atoms with E-state index in [0.717, 1.165) is 12.8 Å². The van der Waals surface area contributed by atoms with Crippen molar-refractivity contribution >= 4 is 5.91 Å². The second-order valence-electron chi connectivity index (χ2n) is 4.27. The maximum atomic E-state index is 11.7. The molecule has 0 aliphatic rings. The molecule has 1 atom stereocenters. The molecule has 1 heterocycles. The number of nitrogens with zero attached hydrogens (tertiary/aromatic N) is 1. The lowest BCUT2D eigenvalue weighted by atomic mass is 9.96. The van der Waals surface area contributed by atoms with Gasteiger partial charge in [-0.25, -0.2) is 0 Å². The highest BCUT2D eigenvalue weighted by molar-refractivity contribution is 5.92. The van der Waals surface area contributed by atoms with Gasteiger partial charge in [0.15, 0.2) is 0 Å². The lowest BCUT2D eigenvalue weighted by molar-refractivity contribution is 0.0813. The molecule has 0 saturated heterocycles. The lowest BCUT2D eigenvalue weighted by Gasteiger charge is -2.20. The Labute approximate surface area is 107 Å². The Balaban J connectivity index is 2.48. The predicted molar refractivity (Wildman–Crippen MR) is 67.9 cm³/mol. The summed E-state index contributed by atoms with van der Waals surface area (Å²) in [6.07, 6.45) is 2.71. The summed E-state index contributed by atoms with van der Waals surface area (Å²) >= 11 is 0. The van der Waals surface area contributed by atoms with Crippen molar-refractivity contribution in [3.63, 3.8) is 0 Å². The second-order valence-corrected chi connectivity index (χ2v) is 4.27. The minimum Gasteiger partial charge on any atom is -0.391 e. The largest absolute Gasteiger partial charge is 0.391 e. The van der Waals surface area contributed by atoms with E-state index in [4.69, 9.17) is 5.26 Å². The Morgan fingerprint density at radius 1 is 1.56 bits per heavy atom. The van der Waals surface area contributed by atoms with Gasteiger partial charge in [-0.2, -0.15) is 5.26 Å². The first-order valence-corrected chi connectivity index (χ1v) is 6.17. The van der Waals surface area contributed by atoms with Crippen LogP contribution >= 0.6 is 0 Å². The number of H-pyrrole nitrogens is 1. The molecule has 0 aliphatic carbocycles. The van der Waals surface area contributed by atoms with E-state index in [1.165, 1.54) is 12.3 Å². The molecule has 18 heavy (non-hydrogen) atoms. The van der Waals surface area contributed by atoms with Gasteiger partial charge in [0.2, 0.25) is 0 Å². The Bertz CT molecular complexity index is 430. The number of hydrogen-bond donors (Lipinski definition) is 3. The van der Waals surface area contributed by atoms with E-state index < -0.39 is 6.10 Å². The number of aromatic amines is 1. The van der Waals surface area contributed by atoms with Crippen LogP contribution in [-0.2, 0) is 0 Å². The molecule has 1 aromatic heterocycles. The molecule has 98 valence electrons. The molecule has 5 heteroatoms. The summed E-state index contributed by atoms with van der Waals surface area (Å²) in [5.41, 5.74) is 0.754. The van der Waals surface area contributed by atoms with E-state index in [2.05, 4.69) is 10.3 Å². The molecule has 0 fully saturated rings. The topological polar surface area (TPSA) is 88.9 Å². The van der Waals surface area contributed by atoms with E-state index >= 15 is 0 Å². The number of nitriles is 1. The number of carbonyl (C=O) groups is 1. The Morgan fingerprint density at radius 2 is 2.22 bits per heavy atom. The molecule has 5 nitrogen and oxygen atoms in total. The average Bonchev–Trinajstić information content (AvgIpc) is 2.86. The lowest BCUT2D eigenvalue weighted by Crippen LogP contribution is -2.36. The fourth-order valence-electron chi connectivity index (χ4n) is 1.88. The molecule has 1 rings (SSSR count). The number of nitrogens with one attached hydrogen (secondary N) is 2. The molecule has 1 unspecified atom stereocenters. The third kappa shape index (κ3) is 3.60. The smallest absolute Gasteiger partial charge is 0.267 e. The first-order chi connectivity index (χ1) is 8.62. The third-order valence-corrected chi connectivity index (χ3v) is 3.12. The van der Waals surface area contributed by atoms with Gasteiger partial charge >= 0.3 is 0 Å². The van der Waals surface area contributed by atoms with Crippen molar-refractivity contribution in [1.82, 2.24) is 10.3 Å². The van der Waals surface area contributed by atoms with Crippen LogP contribution in [-0.4, -0.2) is 28.6 Å². The number of carbonyl (C=O) groups excluding carboxylic acids is 1. The summed E-state index contributed by atoms with van der Waals surface area (Å²) in [5, 5.41) is 21.2. The summed E-state index contributed by atoms with van der Waals surface area (Å²) in [6, 6.07) is 3.43. The van der Waals surface area contributed by atoms with Crippen molar-refractivity contribution in [1.29, 1.82) is 5.26 Å². The molecule has 0 saturated carbocycles. The minimum atomic E-state index is -0.533. The number of aliphatic hydroxyl groups excluding tert-OH is 1. The van der Waals surface area contributed by atoms with Gasteiger partial charge in [0.05, 0.1) is 11.7 Å². The van der Waals surface area contributed by atoms with Crippen molar-refractivity contribution in [2.24, 2.45) is 5.92 Å². The number of aliphatic hydroxyl groups is 1. The van der Waals surface area contributed by atoms with Crippen LogP contribution in [0.1, 0.15) is 42.7 Å². The molecule has 0 aromatic carbocycles. The molecule has 1 aromatic rings. The van der Waals surface area contributed by atoms with Crippen molar-refractivity contribution < 1.29 is 9.90 Å². The van der Waals surface area contributed by atoms with Crippen molar-refractivity contribution in [2.75, 3.05) is 6.54 Å². The van der Waals surface area contributed by atoms with E-state index in [9.17, 15) is 9.90 Å². The van der Waals surface area contributed by atoms with Gasteiger partial charge in [-0.15, -0.1) is 0 Å². The monoisotopic (exact) mass is 249 g/mol. The number of aromatic nitrogens is 1. The van der Waals surface area contributed by atoms with Gasteiger partial charge in [-0.05, 0) is 12.0 Å². The van der Waals surface area contributed by atoms with Gasteiger partial charge in [-0.3, -0.25) is 4.79 Å². The van der Waals surface area contributed by atoms with Crippen LogP contribution in [0.2, 0.25) is 0 Å². The first-order valence-electron chi connectivity index (χ1n) is 6.17. The molecule has 3 N–H and O–H groups in total. The SMILES string of the molecule is CCC(CC)C(O)CNC(=O)c1cc(C#N)c[nH]1. The van der Waals surface area contributed by atoms with Crippen molar-refractivity contribution in [3.8, 4) is 6.07 Å². The molecular formula is C13H19N3O2. The molecule has 0 spiro atoms. The highest BCUT2D eigenvalue weighted by Crippen LogP contribution is 2.12. The quantitative estimate of drug-likeness (QED) is 0.712. The molecule has 1 amide bonds. The van der Waals surface area contributed by atoms with Crippen molar-refractivity contribution in [3.05, 3.63) is 23.5 Å². The maximum absolute atomic E-state index is 11.7. The standard InChI is InChI=1S/C13H19N3O2/c1-3-10(4-2)12(17)8-16-13(18)11-5-9(6-14)7-15-11/h5,7,10,12,15,17H,3-4,8H2,1-2H3,(H,16,18). The Kier molecular flexibility index (Phi) is 5.40. The van der Waals surface area contributed by atoms with Crippen LogP contribution in [0.25, 0.3) is 0 Å². The highest BCUT2D eigenvalue weighted by atomic mass is 16.3. The predicted octanol–water partition coefficient (Wildman–Crippen LogP) is 1.41. The van der Waals surface area contributed by atoms with Gasteiger partial charge < -0.3 is 15.4 Å². The van der Waals surface area contributed by atoms with Crippen LogP contribution in [0, 0.1) is 17.2 Å². The zero-order chi connectivity index (χ0) is 13.5. The average molecular weight is 249 g/mol. The van der Waals surface area contributed by atoms with Gasteiger partial charge in [0.25, 0.3) is 5.91 Å². The van der Waals surface area contributed by atoms with E-state index in [0.29, 0.717) is 11.3 Å². The summed E-state index contributed by atoms with van der Waals surface area (Å²) in [6.45, 7) is 4.26. The zero-order valence-corrected chi connectivity index (χ0v) is 10.7. The van der Waals surface area contributed by atoms with Gasteiger partial charge in [-0.1, -0.05) is 26.7 Å². The minimum absolute atomic E-state index is 0.198. The number of hydrogen-bond acceptors (Lipinski definition) is 3. The maximum Gasteiger partial charge on any atom is 0.267 e. The van der Waals surface area contributed by atoms with Crippen LogP contribution in [0.15, 0.2) is 12.3 Å². The van der Waals surface area contributed by atoms with Gasteiger partial charge in [0, 0.05) is 12.7 Å². The normalized spacial score (nSPS) is 12.2. The summed E-state index contributed by atoms with van der Waals surface area (Å²) in [7, 11) is 0. The number of rotatable bonds is 6. The van der Waals surface area contributed by atoms with Gasteiger partial charge in [0.1, 0.15) is 11.8 Å². The Morgan fingerprint density at radius 3 is 2.72 bits per heavy atom. The number of amides is 1.